The summed E-state index contributed by atoms with van der Waals surface area (Å²) < 4.78 is 49.2. The molecule has 9 heteroatoms. The van der Waals surface area contributed by atoms with Gasteiger partial charge < -0.3 is 14.8 Å². The quantitative estimate of drug-likeness (QED) is 0.743. The number of carbonyl (C=O) groups is 1. The second-order valence-corrected chi connectivity index (χ2v) is 8.72. The van der Waals surface area contributed by atoms with Crippen LogP contribution in [0.2, 0.25) is 0 Å². The summed E-state index contributed by atoms with van der Waals surface area (Å²) in [4.78, 5) is 12.7. The fraction of sp³-hybridized carbons (Fsp3) is 0.350. The molecule has 1 atom stereocenters. The van der Waals surface area contributed by atoms with Gasteiger partial charge in [0.1, 0.15) is 11.6 Å². The average molecular weight is 442 g/mol. The van der Waals surface area contributed by atoms with Crippen molar-refractivity contribution in [2.45, 2.75) is 17.7 Å². The highest BCUT2D eigenvalue weighted by molar-refractivity contribution is 7.91. The van der Waals surface area contributed by atoms with Gasteiger partial charge in [0.25, 0.3) is 5.91 Å². The van der Waals surface area contributed by atoms with E-state index < -0.39 is 21.6 Å². The molecule has 1 saturated heterocycles. The molecule has 0 bridgehead atoms. The smallest absolute Gasteiger partial charge is 0.259 e. The SMILES string of the molecule is COc1ccc(S(=O)(=O)C[C@H]2CCCOC2)cc1C(=O)Nc1ccc(F)cc1.S. The van der Waals surface area contributed by atoms with Crippen molar-refractivity contribution in [2.75, 3.05) is 31.4 Å². The van der Waals surface area contributed by atoms with Gasteiger partial charge in [-0.2, -0.15) is 13.5 Å². The summed E-state index contributed by atoms with van der Waals surface area (Å²) >= 11 is 0. The van der Waals surface area contributed by atoms with Gasteiger partial charge in [0.2, 0.25) is 0 Å². The van der Waals surface area contributed by atoms with Gasteiger partial charge in [-0.05, 0) is 61.2 Å². The number of ether oxygens (including phenoxy) is 2. The first-order valence-corrected chi connectivity index (χ1v) is 10.6. The van der Waals surface area contributed by atoms with Crippen LogP contribution in [0.15, 0.2) is 47.4 Å². The zero-order valence-corrected chi connectivity index (χ0v) is 17.8. The van der Waals surface area contributed by atoms with E-state index in [0.717, 1.165) is 12.8 Å². The molecule has 1 fully saturated rings. The van der Waals surface area contributed by atoms with E-state index in [1.807, 2.05) is 0 Å². The van der Waals surface area contributed by atoms with Crippen LogP contribution < -0.4 is 10.1 Å². The van der Waals surface area contributed by atoms with E-state index in [-0.39, 0.29) is 41.4 Å². The molecule has 0 saturated carbocycles. The lowest BCUT2D eigenvalue weighted by Crippen LogP contribution is -2.25. The van der Waals surface area contributed by atoms with Crippen LogP contribution in [0.1, 0.15) is 23.2 Å². The van der Waals surface area contributed by atoms with Crippen LogP contribution in [0, 0.1) is 11.7 Å². The number of methoxy groups -OCH3 is 1. The van der Waals surface area contributed by atoms with Gasteiger partial charge in [-0.1, -0.05) is 0 Å². The number of hydrogen-bond donors (Lipinski definition) is 1. The van der Waals surface area contributed by atoms with Crippen molar-refractivity contribution < 1.29 is 27.1 Å². The fourth-order valence-electron chi connectivity index (χ4n) is 3.14. The number of carbonyl (C=O) groups excluding carboxylic acids is 1. The Morgan fingerprint density at radius 3 is 2.59 bits per heavy atom. The summed E-state index contributed by atoms with van der Waals surface area (Å²) in [5.41, 5.74) is 0.480. The van der Waals surface area contributed by atoms with Crippen molar-refractivity contribution in [3.63, 3.8) is 0 Å². The zero-order chi connectivity index (χ0) is 20.1. The molecule has 1 aliphatic heterocycles. The molecule has 3 rings (SSSR count). The third kappa shape index (κ3) is 5.94. The topological polar surface area (TPSA) is 81.7 Å². The maximum Gasteiger partial charge on any atom is 0.259 e. The Morgan fingerprint density at radius 2 is 1.97 bits per heavy atom. The second kappa shape index (κ2) is 10.1. The fourth-order valence-corrected chi connectivity index (χ4v) is 4.78. The normalized spacial score (nSPS) is 16.6. The third-order valence-electron chi connectivity index (χ3n) is 4.59. The van der Waals surface area contributed by atoms with E-state index >= 15 is 0 Å². The van der Waals surface area contributed by atoms with E-state index in [2.05, 4.69) is 5.32 Å². The van der Waals surface area contributed by atoms with Crippen LogP contribution in [0.5, 0.6) is 5.75 Å². The summed E-state index contributed by atoms with van der Waals surface area (Å²) in [6, 6.07) is 9.50. The van der Waals surface area contributed by atoms with E-state index in [1.165, 1.54) is 49.6 Å². The summed E-state index contributed by atoms with van der Waals surface area (Å²) in [7, 11) is -2.18. The van der Waals surface area contributed by atoms with Crippen LogP contribution in [0.4, 0.5) is 10.1 Å². The van der Waals surface area contributed by atoms with Crippen molar-refractivity contribution >= 4 is 34.9 Å². The van der Waals surface area contributed by atoms with Gasteiger partial charge in [0.05, 0.1) is 29.9 Å². The first-order valence-electron chi connectivity index (χ1n) is 8.94. The minimum absolute atomic E-state index is 0. The molecule has 158 valence electrons. The van der Waals surface area contributed by atoms with E-state index in [1.54, 1.807) is 0 Å². The summed E-state index contributed by atoms with van der Waals surface area (Å²) in [5.74, 6) is -0.799. The molecule has 0 radical (unpaired) electrons. The van der Waals surface area contributed by atoms with Crippen molar-refractivity contribution in [3.05, 3.63) is 53.8 Å². The predicted molar refractivity (Wildman–Crippen MR) is 113 cm³/mol. The van der Waals surface area contributed by atoms with Gasteiger partial charge in [-0.3, -0.25) is 4.79 Å². The largest absolute Gasteiger partial charge is 0.496 e. The minimum Gasteiger partial charge on any atom is -0.496 e. The lowest BCUT2D eigenvalue weighted by molar-refractivity contribution is 0.0626. The zero-order valence-electron chi connectivity index (χ0n) is 16.0. The summed E-state index contributed by atoms with van der Waals surface area (Å²) in [6.07, 6.45) is 1.64. The van der Waals surface area contributed by atoms with Crippen molar-refractivity contribution in [2.24, 2.45) is 5.92 Å². The molecule has 1 amide bonds. The molecule has 2 aromatic rings. The number of hydrogen-bond acceptors (Lipinski definition) is 5. The first kappa shape index (κ1) is 23.2. The maximum atomic E-state index is 13.0. The lowest BCUT2D eigenvalue weighted by atomic mass is 10.1. The molecule has 0 aromatic heterocycles. The summed E-state index contributed by atoms with van der Waals surface area (Å²) in [6.45, 7) is 1.08. The number of sulfone groups is 1. The molecule has 0 aliphatic carbocycles. The minimum atomic E-state index is -3.58. The van der Waals surface area contributed by atoms with Crippen LogP contribution in [0.3, 0.4) is 0 Å². The highest BCUT2D eigenvalue weighted by atomic mass is 32.2. The molecule has 1 N–H and O–H groups in total. The van der Waals surface area contributed by atoms with Crippen molar-refractivity contribution in [1.82, 2.24) is 0 Å². The molecule has 2 aromatic carbocycles. The molecule has 6 nitrogen and oxygen atoms in total. The van der Waals surface area contributed by atoms with E-state index in [0.29, 0.717) is 18.9 Å². The molecule has 1 aliphatic rings. The van der Waals surface area contributed by atoms with E-state index in [9.17, 15) is 17.6 Å². The van der Waals surface area contributed by atoms with Crippen LogP contribution in [0.25, 0.3) is 0 Å². The molecular formula is C20H24FNO5S2. The number of anilines is 1. The highest BCUT2D eigenvalue weighted by Crippen LogP contribution is 2.26. The second-order valence-electron chi connectivity index (χ2n) is 6.69. The molecule has 0 spiro atoms. The van der Waals surface area contributed by atoms with Gasteiger partial charge in [0, 0.05) is 12.3 Å². The number of halogens is 1. The Kier molecular flexibility index (Phi) is 8.06. The van der Waals surface area contributed by atoms with Gasteiger partial charge in [0.15, 0.2) is 9.84 Å². The van der Waals surface area contributed by atoms with Crippen LogP contribution in [-0.4, -0.2) is 40.4 Å². The monoisotopic (exact) mass is 441 g/mol. The highest BCUT2D eigenvalue weighted by Gasteiger charge is 2.25. The Morgan fingerprint density at radius 1 is 1.24 bits per heavy atom. The molecule has 1 heterocycles. The van der Waals surface area contributed by atoms with Crippen molar-refractivity contribution in [3.8, 4) is 5.75 Å². The predicted octanol–water partition coefficient (Wildman–Crippen LogP) is 3.40. The molecular weight excluding hydrogens is 417 g/mol. The number of nitrogens with one attached hydrogen (secondary N) is 1. The maximum absolute atomic E-state index is 13.0. The Labute approximate surface area is 176 Å². The Bertz CT molecular complexity index is 942. The lowest BCUT2D eigenvalue weighted by Gasteiger charge is -2.22. The first-order chi connectivity index (χ1) is 13.4. The number of benzene rings is 2. The molecule has 0 unspecified atom stereocenters. The molecule has 29 heavy (non-hydrogen) atoms. The van der Waals surface area contributed by atoms with Gasteiger partial charge in [-0.15, -0.1) is 0 Å². The average Bonchev–Trinajstić information content (AvgIpc) is 2.69. The Balaban J connectivity index is 0.00000300. The van der Waals surface area contributed by atoms with Crippen LogP contribution in [-0.2, 0) is 14.6 Å². The van der Waals surface area contributed by atoms with E-state index in [4.69, 9.17) is 9.47 Å². The van der Waals surface area contributed by atoms with Gasteiger partial charge in [-0.25, -0.2) is 12.8 Å². The van der Waals surface area contributed by atoms with Gasteiger partial charge >= 0.3 is 0 Å². The number of rotatable bonds is 6. The standard InChI is InChI=1S/C20H22FNO5S.H2S/c1-26-19-9-8-17(28(24,25)13-14-3-2-10-27-12-14)11-18(19)20(23)22-16-6-4-15(21)5-7-16;/h4-9,11,14H,2-3,10,12-13H2,1H3,(H,22,23);1H2/t14-;/m0./s1. The summed E-state index contributed by atoms with van der Waals surface area (Å²) in [5, 5.41) is 2.62. The van der Waals surface area contributed by atoms with Crippen molar-refractivity contribution in [1.29, 1.82) is 0 Å². The Hall–Kier alpha value is -2.10. The number of amides is 1. The third-order valence-corrected chi connectivity index (χ3v) is 6.47. The van der Waals surface area contributed by atoms with Crippen LogP contribution >= 0.6 is 13.5 Å².